The van der Waals surface area contributed by atoms with E-state index in [1.807, 2.05) is 48.5 Å². The maximum absolute atomic E-state index is 12.3. The molecule has 0 fully saturated rings. The quantitative estimate of drug-likeness (QED) is 0.328. The molecular weight excluding hydrogens is 445 g/mol. The molecule has 34 heavy (non-hydrogen) atoms. The van der Waals surface area contributed by atoms with E-state index in [1.54, 1.807) is 30.3 Å². The Balaban J connectivity index is 1.50. The summed E-state index contributed by atoms with van der Waals surface area (Å²) >= 11 is 0. The number of anilines is 3. The number of benzene rings is 3. The number of ether oxygens (including phenoxy) is 1. The number of alkyl halides is 3. The topological polar surface area (TPSA) is 76.1 Å². The van der Waals surface area contributed by atoms with Crippen molar-refractivity contribution in [2.24, 2.45) is 0 Å². The zero-order valence-electron chi connectivity index (χ0n) is 17.7. The van der Waals surface area contributed by atoms with Crippen LogP contribution in [-0.2, 0) is 11.4 Å². The molecule has 0 saturated carbocycles. The molecule has 2 N–H and O–H groups in total. The molecule has 3 aromatic carbocycles. The van der Waals surface area contributed by atoms with E-state index in [2.05, 4.69) is 20.6 Å². The lowest BCUT2D eigenvalue weighted by atomic mass is 10.2. The fourth-order valence-corrected chi connectivity index (χ4v) is 3.06. The normalized spacial score (nSPS) is 11.5. The number of carbonyl (C=O) groups is 1. The summed E-state index contributed by atoms with van der Waals surface area (Å²) in [6.07, 6.45) is -4.35. The fourth-order valence-electron chi connectivity index (χ4n) is 3.06. The Morgan fingerprint density at radius 2 is 1.62 bits per heavy atom. The molecule has 0 radical (unpaired) electrons. The van der Waals surface area contributed by atoms with Gasteiger partial charge in [0.2, 0.25) is 5.95 Å². The maximum atomic E-state index is 12.3. The third kappa shape index (κ3) is 6.32. The van der Waals surface area contributed by atoms with Crippen LogP contribution < -0.4 is 15.4 Å². The summed E-state index contributed by atoms with van der Waals surface area (Å²) < 4.78 is 42.7. The number of para-hydroxylation sites is 1. The lowest BCUT2D eigenvalue weighted by Gasteiger charge is -2.12. The first-order chi connectivity index (χ1) is 16.4. The first kappa shape index (κ1) is 22.8. The van der Waals surface area contributed by atoms with E-state index in [0.717, 1.165) is 5.56 Å². The van der Waals surface area contributed by atoms with Crippen LogP contribution in [-0.4, -0.2) is 22.1 Å². The Morgan fingerprint density at radius 1 is 0.912 bits per heavy atom. The Morgan fingerprint density at radius 3 is 2.35 bits per heavy atom. The van der Waals surface area contributed by atoms with Gasteiger partial charge < -0.3 is 10.1 Å². The summed E-state index contributed by atoms with van der Waals surface area (Å²) in [5.41, 5.74) is 2.26. The molecule has 9 heteroatoms. The van der Waals surface area contributed by atoms with Gasteiger partial charge in [0.25, 0.3) is 5.91 Å². The van der Waals surface area contributed by atoms with Crippen LogP contribution in [0.5, 0.6) is 5.75 Å². The van der Waals surface area contributed by atoms with E-state index >= 15 is 0 Å². The number of carbonyl (C=O) groups excluding carboxylic acids is 1. The van der Waals surface area contributed by atoms with Gasteiger partial charge in [-0.15, -0.1) is 0 Å². The summed E-state index contributed by atoms with van der Waals surface area (Å²) in [4.78, 5) is 20.3. The van der Waals surface area contributed by atoms with Crippen molar-refractivity contribution in [3.05, 3.63) is 96.6 Å². The highest BCUT2D eigenvalue weighted by Crippen LogP contribution is 2.26. The molecule has 0 spiro atoms. The Kier molecular flexibility index (Phi) is 6.72. The van der Waals surface area contributed by atoms with E-state index in [-0.39, 0.29) is 12.0 Å². The second kappa shape index (κ2) is 10.0. The predicted molar refractivity (Wildman–Crippen MR) is 124 cm³/mol. The van der Waals surface area contributed by atoms with Crippen molar-refractivity contribution in [1.29, 1.82) is 0 Å². The van der Waals surface area contributed by atoms with Gasteiger partial charge in [-0.2, -0.15) is 18.2 Å². The third-order valence-electron chi connectivity index (χ3n) is 4.63. The monoisotopic (exact) mass is 464 g/mol. The number of allylic oxidation sites excluding steroid dienone is 1. The minimum Gasteiger partial charge on any atom is -0.489 e. The highest BCUT2D eigenvalue weighted by molar-refractivity contribution is 5.99. The second-order valence-corrected chi connectivity index (χ2v) is 7.20. The smallest absolute Gasteiger partial charge is 0.409 e. The molecule has 0 aliphatic heterocycles. The summed E-state index contributed by atoms with van der Waals surface area (Å²) in [6.45, 7) is 0.440. The van der Waals surface area contributed by atoms with Gasteiger partial charge in [0.15, 0.2) is 0 Å². The van der Waals surface area contributed by atoms with Crippen molar-refractivity contribution >= 4 is 34.3 Å². The van der Waals surface area contributed by atoms with E-state index in [1.165, 1.54) is 0 Å². The number of halogens is 3. The lowest BCUT2D eigenvalue weighted by molar-refractivity contribution is -0.112. The molecule has 0 saturated heterocycles. The van der Waals surface area contributed by atoms with E-state index < -0.39 is 12.1 Å². The Labute approximate surface area is 193 Å². The molecule has 0 aliphatic carbocycles. The van der Waals surface area contributed by atoms with E-state index in [9.17, 15) is 18.0 Å². The number of nitrogens with zero attached hydrogens (tertiary/aromatic N) is 2. The minimum atomic E-state index is -4.59. The van der Waals surface area contributed by atoms with Crippen LogP contribution in [0.15, 0.2) is 91.0 Å². The molecule has 0 unspecified atom stereocenters. The lowest BCUT2D eigenvalue weighted by Crippen LogP contribution is -2.13. The number of amides is 1. The number of hydrogen-bond donors (Lipinski definition) is 2. The highest BCUT2D eigenvalue weighted by Gasteiger charge is 2.22. The average molecular weight is 464 g/mol. The molecule has 0 aliphatic rings. The Hall–Kier alpha value is -4.40. The molecule has 4 aromatic rings. The van der Waals surface area contributed by atoms with Crippen molar-refractivity contribution in [2.45, 2.75) is 12.8 Å². The second-order valence-electron chi connectivity index (χ2n) is 7.20. The van der Waals surface area contributed by atoms with Crippen molar-refractivity contribution in [3.63, 3.8) is 0 Å². The van der Waals surface area contributed by atoms with Gasteiger partial charge in [0.05, 0.1) is 5.52 Å². The summed E-state index contributed by atoms with van der Waals surface area (Å²) in [6, 6.07) is 24.1. The molecule has 1 heterocycles. The fraction of sp³-hybridized carbons (Fsp3) is 0.0800. The van der Waals surface area contributed by atoms with Crippen molar-refractivity contribution in [3.8, 4) is 5.75 Å². The summed E-state index contributed by atoms with van der Waals surface area (Å²) in [5.74, 6) is -0.0377. The molecular formula is C25H19F3N4O2. The van der Waals surface area contributed by atoms with Crippen LogP contribution in [0.25, 0.3) is 10.9 Å². The van der Waals surface area contributed by atoms with Gasteiger partial charge in [-0.25, -0.2) is 4.98 Å². The summed E-state index contributed by atoms with van der Waals surface area (Å²) in [5, 5.41) is 6.10. The van der Waals surface area contributed by atoms with Crippen LogP contribution in [0.3, 0.4) is 0 Å². The van der Waals surface area contributed by atoms with Gasteiger partial charge in [-0.3, -0.25) is 10.1 Å². The SMILES string of the molecule is O=C(C=CC(F)(F)F)Nc1nc(Nc2ccc(OCc3ccccc3)cc2)c2ccccc2n1. The molecule has 172 valence electrons. The first-order valence-electron chi connectivity index (χ1n) is 10.2. The molecule has 1 aromatic heterocycles. The molecule has 6 nitrogen and oxygen atoms in total. The maximum Gasteiger partial charge on any atom is 0.409 e. The van der Waals surface area contributed by atoms with Crippen LogP contribution in [0.4, 0.5) is 30.6 Å². The average Bonchev–Trinajstić information content (AvgIpc) is 2.83. The van der Waals surface area contributed by atoms with Gasteiger partial charge in [-0.1, -0.05) is 42.5 Å². The zero-order chi connectivity index (χ0) is 24.0. The predicted octanol–water partition coefficient (Wildman–Crippen LogP) is 6.01. The van der Waals surface area contributed by atoms with E-state index in [4.69, 9.17) is 4.74 Å². The number of hydrogen-bond acceptors (Lipinski definition) is 5. The van der Waals surface area contributed by atoms with Gasteiger partial charge >= 0.3 is 6.18 Å². The summed E-state index contributed by atoms with van der Waals surface area (Å²) in [7, 11) is 0. The van der Waals surface area contributed by atoms with Crippen LogP contribution in [0.1, 0.15) is 5.56 Å². The van der Waals surface area contributed by atoms with Gasteiger partial charge in [0, 0.05) is 23.2 Å². The van der Waals surface area contributed by atoms with Crippen LogP contribution in [0.2, 0.25) is 0 Å². The number of fused-ring (bicyclic) bond motifs is 1. The molecule has 0 atom stereocenters. The van der Waals surface area contributed by atoms with Crippen molar-refractivity contribution in [2.75, 3.05) is 10.6 Å². The molecule has 1 amide bonds. The largest absolute Gasteiger partial charge is 0.489 e. The molecule has 4 rings (SSSR count). The highest BCUT2D eigenvalue weighted by atomic mass is 19.4. The van der Waals surface area contributed by atoms with Crippen molar-refractivity contribution < 1.29 is 22.7 Å². The minimum absolute atomic E-state index is 0.124. The Bertz CT molecular complexity index is 1310. The van der Waals surface area contributed by atoms with Crippen LogP contribution in [0, 0.1) is 0 Å². The van der Waals surface area contributed by atoms with Crippen LogP contribution >= 0.6 is 0 Å². The van der Waals surface area contributed by atoms with Gasteiger partial charge in [0.1, 0.15) is 18.2 Å². The van der Waals surface area contributed by atoms with Crippen molar-refractivity contribution in [1.82, 2.24) is 9.97 Å². The van der Waals surface area contributed by atoms with Gasteiger partial charge in [-0.05, 0) is 42.0 Å². The number of rotatable bonds is 7. The number of nitrogens with one attached hydrogen (secondary N) is 2. The first-order valence-corrected chi connectivity index (χ1v) is 10.2. The van der Waals surface area contributed by atoms with E-state index in [0.29, 0.717) is 40.8 Å². The number of aromatic nitrogens is 2. The standard InChI is InChI=1S/C25H19F3N4O2/c26-25(27,28)15-14-22(33)31-24-30-21-9-5-4-8-20(21)23(32-24)29-18-10-12-19(13-11-18)34-16-17-6-2-1-3-7-17/h1-15H,16H2,(H2,29,30,31,32,33). The third-order valence-corrected chi connectivity index (χ3v) is 4.63. The zero-order valence-corrected chi connectivity index (χ0v) is 17.7. The molecule has 0 bridgehead atoms.